The average Bonchev–Trinajstić information content (AvgIpc) is 2.87. The van der Waals surface area contributed by atoms with Crippen LogP contribution < -0.4 is 21.5 Å². The molecule has 2 N–H and O–H groups in total. The molecule has 0 spiro atoms. The fourth-order valence-electron chi connectivity index (χ4n) is 2.36. The monoisotopic (exact) mass is 382 g/mol. The number of hydrogen-bond acceptors (Lipinski definition) is 9. The molecule has 0 radical (unpaired) electrons. The summed E-state index contributed by atoms with van der Waals surface area (Å²) in [5, 5.41) is 33.6. The summed E-state index contributed by atoms with van der Waals surface area (Å²) in [5.41, 5.74) is -2.48. The molecule has 0 aliphatic heterocycles. The molecule has 28 heavy (non-hydrogen) atoms. The van der Waals surface area contributed by atoms with E-state index in [1.54, 1.807) is 0 Å². The van der Waals surface area contributed by atoms with Gasteiger partial charge in [-0.25, -0.2) is 4.99 Å². The second-order valence-electron chi connectivity index (χ2n) is 5.54. The summed E-state index contributed by atoms with van der Waals surface area (Å²) in [4.78, 5) is 48.3. The normalized spacial score (nSPS) is 11.4. The van der Waals surface area contributed by atoms with E-state index in [1.165, 1.54) is 36.4 Å². The summed E-state index contributed by atoms with van der Waals surface area (Å²) in [6, 6.07) is 9.84. The minimum Gasteiger partial charge on any atom is -0.504 e. The lowest BCUT2D eigenvalue weighted by Gasteiger charge is -2.03. The summed E-state index contributed by atoms with van der Waals surface area (Å²) in [5.74, 6) is -0.688. The summed E-state index contributed by atoms with van der Waals surface area (Å²) in [7, 11) is 0. The number of non-ortho nitro benzene ring substituents is 2. The van der Waals surface area contributed by atoms with Crippen molar-refractivity contribution in [2.24, 2.45) is 4.99 Å². The Labute approximate surface area is 154 Å². The van der Waals surface area contributed by atoms with Crippen molar-refractivity contribution in [2.45, 2.75) is 0 Å². The maximum absolute atomic E-state index is 12.1. The van der Waals surface area contributed by atoms with Crippen LogP contribution in [0.4, 0.5) is 28.4 Å². The Morgan fingerprint density at radius 3 is 1.82 bits per heavy atom. The molecule has 3 aromatic carbocycles. The maximum Gasteiger partial charge on any atom is 0.269 e. The van der Waals surface area contributed by atoms with Gasteiger partial charge >= 0.3 is 0 Å². The fraction of sp³-hybridized carbons (Fsp3) is 0. The molecule has 11 heteroatoms. The van der Waals surface area contributed by atoms with E-state index in [1.807, 2.05) is 0 Å². The number of aromatic hydroxyl groups is 1. The van der Waals surface area contributed by atoms with Gasteiger partial charge in [-0.3, -0.25) is 29.8 Å². The average molecular weight is 382 g/mol. The molecule has 0 heterocycles. The Bertz CT molecular complexity index is 1220. The van der Waals surface area contributed by atoms with Gasteiger partial charge in [0.1, 0.15) is 5.69 Å². The molecule has 0 amide bonds. The summed E-state index contributed by atoms with van der Waals surface area (Å²) < 4.78 is 0. The molecule has 3 aromatic rings. The largest absolute Gasteiger partial charge is 0.504 e. The lowest BCUT2D eigenvalue weighted by Crippen LogP contribution is -2.30. The van der Waals surface area contributed by atoms with Gasteiger partial charge in [-0.2, -0.15) is 0 Å². The SMILES string of the molecule is O=c1c(Nc2ccc([N+](=O)[O-])cc2)c(O)c(=Nc2ccc([N+](=O)[O-])cc2)c1=O. The van der Waals surface area contributed by atoms with Gasteiger partial charge in [0.05, 0.1) is 15.5 Å². The molecule has 0 aliphatic carbocycles. The second kappa shape index (κ2) is 7.07. The maximum atomic E-state index is 12.1. The van der Waals surface area contributed by atoms with E-state index in [9.17, 15) is 34.9 Å². The van der Waals surface area contributed by atoms with Gasteiger partial charge in [-0.15, -0.1) is 0 Å². The van der Waals surface area contributed by atoms with Crippen molar-refractivity contribution >= 4 is 28.4 Å². The quantitative estimate of drug-likeness (QED) is 0.383. The number of nitro benzene ring substituents is 2. The number of hydrogen-bond donors (Lipinski definition) is 2. The van der Waals surface area contributed by atoms with Gasteiger partial charge in [0.25, 0.3) is 22.2 Å². The third kappa shape index (κ3) is 3.44. The third-order valence-corrected chi connectivity index (χ3v) is 3.76. The zero-order chi connectivity index (χ0) is 20.4. The number of nitro groups is 2. The van der Waals surface area contributed by atoms with Crippen LogP contribution in [-0.4, -0.2) is 15.0 Å². The predicted octanol–water partition coefficient (Wildman–Crippen LogP) is 1.78. The molecule has 3 rings (SSSR count). The number of anilines is 2. The van der Waals surface area contributed by atoms with E-state index >= 15 is 0 Å². The Kier molecular flexibility index (Phi) is 4.64. The molecule has 0 aromatic heterocycles. The first kappa shape index (κ1) is 18.4. The van der Waals surface area contributed by atoms with E-state index in [4.69, 9.17) is 0 Å². The van der Waals surface area contributed by atoms with Crippen molar-refractivity contribution in [3.05, 3.63) is 94.6 Å². The molecule has 11 nitrogen and oxygen atoms in total. The van der Waals surface area contributed by atoms with Gasteiger partial charge in [0.15, 0.2) is 11.1 Å². The molecule has 140 valence electrons. The molecular formula is C17H10N4O7. The van der Waals surface area contributed by atoms with Crippen LogP contribution in [0.1, 0.15) is 0 Å². The van der Waals surface area contributed by atoms with Crippen LogP contribution in [0, 0.1) is 20.2 Å². The first-order chi connectivity index (χ1) is 13.3. The Balaban J connectivity index is 1.99. The highest BCUT2D eigenvalue weighted by molar-refractivity contribution is 5.67. The highest BCUT2D eigenvalue weighted by Gasteiger charge is 2.18. The van der Waals surface area contributed by atoms with E-state index in [2.05, 4.69) is 10.3 Å². The molecule has 0 saturated carbocycles. The van der Waals surface area contributed by atoms with Crippen molar-refractivity contribution < 1.29 is 15.0 Å². The first-order valence-electron chi connectivity index (χ1n) is 7.65. The minimum atomic E-state index is -1.06. The van der Waals surface area contributed by atoms with Crippen LogP contribution in [-0.2, 0) is 0 Å². The van der Waals surface area contributed by atoms with Crippen LogP contribution in [0.3, 0.4) is 0 Å². The Morgan fingerprint density at radius 1 is 0.821 bits per heavy atom. The van der Waals surface area contributed by atoms with E-state index in [0.717, 1.165) is 12.1 Å². The van der Waals surface area contributed by atoms with Crippen LogP contribution in [0.25, 0.3) is 0 Å². The summed E-state index contributed by atoms with van der Waals surface area (Å²) >= 11 is 0. The highest BCUT2D eigenvalue weighted by atomic mass is 16.6. The molecule has 0 aliphatic rings. The second-order valence-corrected chi connectivity index (χ2v) is 5.54. The zero-order valence-corrected chi connectivity index (χ0v) is 13.9. The van der Waals surface area contributed by atoms with Crippen LogP contribution in [0.15, 0.2) is 63.1 Å². The Morgan fingerprint density at radius 2 is 1.32 bits per heavy atom. The van der Waals surface area contributed by atoms with Crippen molar-refractivity contribution in [3.8, 4) is 5.75 Å². The van der Waals surface area contributed by atoms with E-state index in [-0.39, 0.29) is 22.7 Å². The molecule has 0 bridgehead atoms. The number of rotatable bonds is 5. The number of nitrogens with zero attached hydrogens (tertiary/aromatic N) is 3. The van der Waals surface area contributed by atoms with Gasteiger partial charge in [-0.05, 0) is 24.3 Å². The van der Waals surface area contributed by atoms with E-state index in [0.29, 0.717) is 0 Å². The van der Waals surface area contributed by atoms with Crippen LogP contribution in [0.5, 0.6) is 5.75 Å². The van der Waals surface area contributed by atoms with Crippen molar-refractivity contribution in [1.29, 1.82) is 0 Å². The minimum absolute atomic E-state index is 0.130. The van der Waals surface area contributed by atoms with Gasteiger partial charge in [0, 0.05) is 30.0 Å². The smallest absolute Gasteiger partial charge is 0.269 e. The Hall–Kier alpha value is -4.41. The zero-order valence-electron chi connectivity index (χ0n) is 13.9. The predicted molar refractivity (Wildman–Crippen MR) is 97.7 cm³/mol. The first-order valence-corrected chi connectivity index (χ1v) is 7.65. The topological polar surface area (TPSA) is 165 Å². The lowest BCUT2D eigenvalue weighted by molar-refractivity contribution is -0.385. The fourth-order valence-corrected chi connectivity index (χ4v) is 2.36. The van der Waals surface area contributed by atoms with Crippen molar-refractivity contribution in [3.63, 3.8) is 0 Å². The van der Waals surface area contributed by atoms with Gasteiger partial charge < -0.3 is 10.4 Å². The van der Waals surface area contributed by atoms with Crippen LogP contribution >= 0.6 is 0 Å². The highest BCUT2D eigenvalue weighted by Crippen LogP contribution is 2.23. The van der Waals surface area contributed by atoms with Gasteiger partial charge in [0.2, 0.25) is 0 Å². The molecule has 0 atom stereocenters. The summed E-state index contributed by atoms with van der Waals surface area (Å²) in [6.07, 6.45) is 0. The van der Waals surface area contributed by atoms with Gasteiger partial charge in [-0.1, -0.05) is 0 Å². The number of benzene rings is 2. The molecule has 0 saturated heterocycles. The van der Waals surface area contributed by atoms with Crippen molar-refractivity contribution in [2.75, 3.05) is 5.32 Å². The lowest BCUT2D eigenvalue weighted by atomic mass is 10.3. The third-order valence-electron chi connectivity index (χ3n) is 3.76. The molecule has 0 unspecified atom stereocenters. The van der Waals surface area contributed by atoms with Crippen LogP contribution in [0.2, 0.25) is 0 Å². The van der Waals surface area contributed by atoms with Crippen molar-refractivity contribution in [1.82, 2.24) is 0 Å². The summed E-state index contributed by atoms with van der Waals surface area (Å²) in [6.45, 7) is 0. The molecular weight excluding hydrogens is 372 g/mol. The standard InChI is InChI=1S/C17H10N4O7/c22-15-13(18-9-1-5-11(6-2-9)20(25)26)16(23)17(24)14(15)19-10-3-7-12(8-4-10)21(27)28/h1-8,18,22H. The molecule has 0 fully saturated rings. The number of nitrogens with one attached hydrogen (secondary N) is 1. The van der Waals surface area contributed by atoms with E-state index < -0.39 is 37.5 Å².